The summed E-state index contributed by atoms with van der Waals surface area (Å²) in [7, 11) is 0. The van der Waals surface area contributed by atoms with Crippen LogP contribution in [0.25, 0.3) is 0 Å². The van der Waals surface area contributed by atoms with E-state index in [9.17, 15) is 4.39 Å². The minimum absolute atomic E-state index is 0.171. The summed E-state index contributed by atoms with van der Waals surface area (Å²) < 4.78 is 15.2. The molecule has 0 unspecified atom stereocenters. The van der Waals surface area contributed by atoms with Crippen LogP contribution in [0, 0.1) is 26.6 Å². The van der Waals surface area contributed by atoms with E-state index >= 15 is 0 Å². The zero-order valence-corrected chi connectivity index (χ0v) is 9.92. The maximum Gasteiger partial charge on any atom is 0.123 e. The molecule has 0 saturated heterocycles. The van der Waals surface area contributed by atoms with Crippen molar-refractivity contribution >= 4 is 0 Å². The van der Waals surface area contributed by atoms with Gasteiger partial charge in [-0.05, 0) is 49.6 Å². The smallest absolute Gasteiger partial charge is 0.123 e. The Hall–Kier alpha value is -1.57. The summed E-state index contributed by atoms with van der Waals surface area (Å²) >= 11 is 0. The fraction of sp³-hybridized carbons (Fsp3) is 0.286. The van der Waals surface area contributed by atoms with Gasteiger partial charge in [0.25, 0.3) is 0 Å². The number of aryl methyl sites for hydroxylation is 1. The van der Waals surface area contributed by atoms with Gasteiger partial charge in [0.1, 0.15) is 5.82 Å². The van der Waals surface area contributed by atoms with Crippen molar-refractivity contribution in [2.45, 2.75) is 27.3 Å². The van der Waals surface area contributed by atoms with E-state index in [0.29, 0.717) is 0 Å². The Kier molecular flexibility index (Phi) is 2.82. The highest BCUT2D eigenvalue weighted by molar-refractivity contribution is 5.30. The topological polar surface area (TPSA) is 4.93 Å². The molecule has 0 amide bonds. The molecule has 1 aromatic heterocycles. The van der Waals surface area contributed by atoms with Gasteiger partial charge in [0.15, 0.2) is 0 Å². The Morgan fingerprint density at radius 3 is 2.50 bits per heavy atom. The Balaban J connectivity index is 2.30. The van der Waals surface area contributed by atoms with E-state index in [1.165, 1.54) is 22.9 Å². The summed E-state index contributed by atoms with van der Waals surface area (Å²) in [6.07, 6.45) is 2.12. The standard InChI is InChI=1S/C14H16FN/c1-10-8-16(12(3)11(10)2)9-13-5-4-6-14(15)7-13/h4-8H,9H2,1-3H3. The lowest BCUT2D eigenvalue weighted by atomic mass is 10.2. The molecule has 0 radical (unpaired) electrons. The normalized spacial score (nSPS) is 10.8. The number of hydrogen-bond acceptors (Lipinski definition) is 0. The number of halogens is 1. The van der Waals surface area contributed by atoms with Gasteiger partial charge in [-0.2, -0.15) is 0 Å². The average molecular weight is 217 g/mol. The van der Waals surface area contributed by atoms with Gasteiger partial charge < -0.3 is 4.57 Å². The molecule has 0 aliphatic heterocycles. The van der Waals surface area contributed by atoms with Crippen LogP contribution >= 0.6 is 0 Å². The van der Waals surface area contributed by atoms with Crippen molar-refractivity contribution in [2.24, 2.45) is 0 Å². The molecule has 0 atom stereocenters. The molecule has 1 heterocycles. The second kappa shape index (κ2) is 4.12. The number of rotatable bonds is 2. The van der Waals surface area contributed by atoms with Gasteiger partial charge in [-0.1, -0.05) is 12.1 Å². The maximum absolute atomic E-state index is 13.0. The zero-order chi connectivity index (χ0) is 11.7. The summed E-state index contributed by atoms with van der Waals surface area (Å²) in [6, 6.07) is 6.77. The van der Waals surface area contributed by atoms with Gasteiger partial charge in [0, 0.05) is 18.4 Å². The predicted molar refractivity (Wildman–Crippen MR) is 64.1 cm³/mol. The molecule has 0 fully saturated rings. The number of benzene rings is 1. The van der Waals surface area contributed by atoms with Gasteiger partial charge in [0.2, 0.25) is 0 Å². The monoisotopic (exact) mass is 217 g/mol. The number of aromatic nitrogens is 1. The van der Waals surface area contributed by atoms with Crippen LogP contribution in [0.15, 0.2) is 30.5 Å². The van der Waals surface area contributed by atoms with Crippen molar-refractivity contribution in [1.29, 1.82) is 0 Å². The molecular weight excluding hydrogens is 201 g/mol. The molecule has 0 aliphatic carbocycles. The Morgan fingerprint density at radius 2 is 1.94 bits per heavy atom. The summed E-state index contributed by atoms with van der Waals surface area (Å²) in [5.41, 5.74) is 4.85. The lowest BCUT2D eigenvalue weighted by molar-refractivity contribution is 0.623. The van der Waals surface area contributed by atoms with Crippen LogP contribution in [-0.4, -0.2) is 4.57 Å². The van der Waals surface area contributed by atoms with Crippen molar-refractivity contribution in [3.63, 3.8) is 0 Å². The third-order valence-corrected chi connectivity index (χ3v) is 3.16. The first-order chi connectivity index (χ1) is 7.58. The average Bonchev–Trinajstić information content (AvgIpc) is 2.47. The molecule has 1 aromatic carbocycles. The third kappa shape index (κ3) is 2.01. The van der Waals surface area contributed by atoms with E-state index < -0.39 is 0 Å². The van der Waals surface area contributed by atoms with Crippen LogP contribution in [0.1, 0.15) is 22.4 Å². The summed E-state index contributed by atoms with van der Waals surface area (Å²) in [5, 5.41) is 0. The van der Waals surface area contributed by atoms with E-state index in [2.05, 4.69) is 31.5 Å². The van der Waals surface area contributed by atoms with Crippen molar-refractivity contribution < 1.29 is 4.39 Å². The molecule has 0 spiro atoms. The van der Waals surface area contributed by atoms with Gasteiger partial charge in [0.05, 0.1) is 0 Å². The second-order valence-electron chi connectivity index (χ2n) is 4.28. The first-order valence-corrected chi connectivity index (χ1v) is 5.45. The molecule has 0 saturated carbocycles. The van der Waals surface area contributed by atoms with Crippen molar-refractivity contribution in [3.05, 3.63) is 58.7 Å². The number of nitrogens with zero attached hydrogens (tertiary/aromatic N) is 1. The maximum atomic E-state index is 13.0. The summed E-state index contributed by atoms with van der Waals surface area (Å²) in [5.74, 6) is -0.171. The van der Waals surface area contributed by atoms with Crippen molar-refractivity contribution in [2.75, 3.05) is 0 Å². The fourth-order valence-electron chi connectivity index (χ4n) is 1.92. The summed E-state index contributed by atoms with van der Waals surface area (Å²) in [6.45, 7) is 7.05. The first kappa shape index (κ1) is 10.9. The molecule has 0 N–H and O–H groups in total. The number of hydrogen-bond donors (Lipinski definition) is 0. The highest BCUT2D eigenvalue weighted by atomic mass is 19.1. The van der Waals surface area contributed by atoms with Crippen LogP contribution in [0.3, 0.4) is 0 Å². The minimum atomic E-state index is -0.171. The van der Waals surface area contributed by atoms with Crippen LogP contribution in [0.2, 0.25) is 0 Å². The third-order valence-electron chi connectivity index (χ3n) is 3.16. The lowest BCUT2D eigenvalue weighted by Gasteiger charge is -2.06. The van der Waals surface area contributed by atoms with Crippen LogP contribution in [-0.2, 0) is 6.54 Å². The van der Waals surface area contributed by atoms with E-state index in [0.717, 1.165) is 12.1 Å². The summed E-state index contributed by atoms with van der Waals surface area (Å²) in [4.78, 5) is 0. The largest absolute Gasteiger partial charge is 0.347 e. The Labute approximate surface area is 95.5 Å². The van der Waals surface area contributed by atoms with E-state index in [-0.39, 0.29) is 5.82 Å². The molecule has 2 rings (SSSR count). The molecule has 2 heteroatoms. The Morgan fingerprint density at radius 1 is 1.19 bits per heavy atom. The molecule has 0 bridgehead atoms. The van der Waals surface area contributed by atoms with Gasteiger partial charge in [-0.15, -0.1) is 0 Å². The Bertz CT molecular complexity index is 511. The fourth-order valence-corrected chi connectivity index (χ4v) is 1.92. The molecular formula is C14H16FN. The van der Waals surface area contributed by atoms with Crippen molar-refractivity contribution in [3.8, 4) is 0 Å². The molecule has 2 aromatic rings. The highest BCUT2D eigenvalue weighted by Crippen LogP contribution is 2.16. The van der Waals surface area contributed by atoms with Gasteiger partial charge in [-0.3, -0.25) is 0 Å². The van der Waals surface area contributed by atoms with Crippen molar-refractivity contribution in [1.82, 2.24) is 4.57 Å². The minimum Gasteiger partial charge on any atom is -0.347 e. The van der Waals surface area contributed by atoms with E-state index in [4.69, 9.17) is 0 Å². The molecule has 0 aliphatic rings. The van der Waals surface area contributed by atoms with E-state index in [1.54, 1.807) is 12.1 Å². The van der Waals surface area contributed by atoms with Gasteiger partial charge in [-0.25, -0.2) is 4.39 Å². The van der Waals surface area contributed by atoms with Crippen LogP contribution in [0.5, 0.6) is 0 Å². The van der Waals surface area contributed by atoms with E-state index in [1.807, 2.05) is 6.07 Å². The van der Waals surface area contributed by atoms with Crippen LogP contribution < -0.4 is 0 Å². The molecule has 16 heavy (non-hydrogen) atoms. The highest BCUT2D eigenvalue weighted by Gasteiger charge is 2.05. The second-order valence-corrected chi connectivity index (χ2v) is 4.28. The lowest BCUT2D eigenvalue weighted by Crippen LogP contribution is -2.00. The molecule has 1 nitrogen and oxygen atoms in total. The van der Waals surface area contributed by atoms with Crippen LogP contribution in [0.4, 0.5) is 4.39 Å². The quantitative estimate of drug-likeness (QED) is 0.724. The molecule has 84 valence electrons. The zero-order valence-electron chi connectivity index (χ0n) is 9.92. The predicted octanol–water partition coefficient (Wildman–Crippen LogP) is 3.60. The first-order valence-electron chi connectivity index (χ1n) is 5.45. The van der Waals surface area contributed by atoms with Gasteiger partial charge >= 0.3 is 0 Å². The SMILES string of the molecule is Cc1cn(Cc2cccc(F)c2)c(C)c1C.